The molecule has 49 heavy (non-hydrogen) atoms. The van der Waals surface area contributed by atoms with E-state index in [1.165, 1.54) is 24.3 Å². The number of nitrogens with one attached hydrogen (secondary N) is 1. The van der Waals surface area contributed by atoms with Crippen LogP contribution in [0.25, 0.3) is 32.9 Å². The Bertz CT molecular complexity index is 1950. The van der Waals surface area contributed by atoms with Gasteiger partial charge in [0.05, 0.1) is 18.2 Å². The van der Waals surface area contributed by atoms with Gasteiger partial charge in [-0.1, -0.05) is 6.07 Å². The van der Waals surface area contributed by atoms with Gasteiger partial charge in [0.1, 0.15) is 40.9 Å². The molecule has 258 valence electrons. The van der Waals surface area contributed by atoms with Crippen LogP contribution in [0.1, 0.15) is 51.9 Å². The molecule has 5 fully saturated rings. The molecule has 4 atom stereocenters. The predicted octanol–water partition coefficient (Wildman–Crippen LogP) is 5.66. The summed E-state index contributed by atoms with van der Waals surface area (Å²) in [5, 5.41) is 15.5. The Morgan fingerprint density at radius 3 is 2.59 bits per heavy atom. The molecule has 0 unspecified atom stereocenters. The number of phenolic OH excluding ortho intramolecular Hbond substituents is 1. The Kier molecular flexibility index (Phi) is 7.42. The van der Waals surface area contributed by atoms with E-state index in [1.54, 1.807) is 0 Å². The number of pyridine rings is 1. The topological polar surface area (TPSA) is 105 Å². The number of rotatable bonds is 9. The van der Waals surface area contributed by atoms with Gasteiger partial charge in [0.25, 0.3) is 0 Å². The van der Waals surface area contributed by atoms with Crippen molar-refractivity contribution in [1.82, 2.24) is 25.2 Å². The number of fused-ring (bicyclic) bond motifs is 5. The molecule has 2 bridgehead atoms. The first-order valence-electron chi connectivity index (χ1n) is 17.5. The van der Waals surface area contributed by atoms with Gasteiger partial charge < -0.3 is 29.5 Å². The molecule has 10 nitrogen and oxygen atoms in total. The first-order chi connectivity index (χ1) is 23.8. The molecular weight excluding hydrogens is 637 g/mol. The fraction of sp³-hybridized carbons (Fsp3) is 0.528. The van der Waals surface area contributed by atoms with Crippen LogP contribution in [0.15, 0.2) is 24.3 Å². The monoisotopic (exact) mass is 676 g/mol. The average molecular weight is 677 g/mol. The van der Waals surface area contributed by atoms with Crippen molar-refractivity contribution >= 4 is 27.5 Å². The van der Waals surface area contributed by atoms with E-state index < -0.39 is 23.3 Å². The van der Waals surface area contributed by atoms with Crippen molar-refractivity contribution < 1.29 is 32.5 Å². The second kappa shape index (κ2) is 11.8. The SMILES string of the molecule is CCOc1nc(-c2cc(O)cc3ccc(F)c(OC4CC4)c23)c(F)c2nc(OC[C@@]34CCCN3C[C@H](F)C4)nc(N3C[C@H]4CC[C@@H](C3)N4)c12. The zero-order valence-electron chi connectivity index (χ0n) is 27.4. The van der Waals surface area contributed by atoms with E-state index in [4.69, 9.17) is 24.2 Å². The minimum atomic E-state index is -0.927. The third kappa shape index (κ3) is 5.36. The lowest BCUT2D eigenvalue weighted by Crippen LogP contribution is -2.51. The Morgan fingerprint density at radius 1 is 1.00 bits per heavy atom. The maximum absolute atomic E-state index is 17.3. The van der Waals surface area contributed by atoms with Crippen LogP contribution in [0.5, 0.6) is 23.4 Å². The molecular formula is C36H39F3N6O4. The van der Waals surface area contributed by atoms with E-state index in [0.29, 0.717) is 48.0 Å². The Hall–Kier alpha value is -4.10. The van der Waals surface area contributed by atoms with Crippen LogP contribution in [0.3, 0.4) is 0 Å². The largest absolute Gasteiger partial charge is 0.508 e. The predicted molar refractivity (Wildman–Crippen MR) is 177 cm³/mol. The van der Waals surface area contributed by atoms with Crippen LogP contribution in [0.4, 0.5) is 19.0 Å². The quantitative estimate of drug-likeness (QED) is 0.231. The smallest absolute Gasteiger partial charge is 0.319 e. The number of piperazine rings is 1. The highest BCUT2D eigenvalue weighted by atomic mass is 19.1. The molecule has 1 aliphatic carbocycles. The Balaban J connectivity index is 1.23. The van der Waals surface area contributed by atoms with Crippen molar-refractivity contribution in [2.45, 2.75) is 81.8 Å². The maximum atomic E-state index is 17.3. The molecule has 0 amide bonds. The molecule has 2 aromatic carbocycles. The second-order valence-electron chi connectivity index (χ2n) is 14.3. The van der Waals surface area contributed by atoms with Crippen molar-refractivity contribution in [1.29, 1.82) is 0 Å². The standard InChI is InChI=1S/C36H39F3N6O4/c1-2-47-34-28-31(29(39)30(41-34)25-13-23(46)12-19-4-9-26(38)32(27(19)25)49-24-7-8-24)42-35(43-33(28)44-16-21-5-6-22(17-44)40-21)48-18-36-10-3-11-45(36)15-20(37)14-36/h4,9,12-13,20-22,24,40,46H,2-3,5-8,10-11,14-18H2,1H3/t20-,21-,22+,36+/m1/s1. The Labute approximate surface area is 281 Å². The molecule has 0 radical (unpaired) electrons. The molecule has 0 spiro atoms. The molecule has 9 rings (SSSR count). The first kappa shape index (κ1) is 30.9. The summed E-state index contributed by atoms with van der Waals surface area (Å²) in [7, 11) is 0. The number of alkyl halides is 1. The number of nitrogens with zero attached hydrogens (tertiary/aromatic N) is 5. The first-order valence-corrected chi connectivity index (χ1v) is 17.5. The van der Waals surface area contributed by atoms with E-state index >= 15 is 8.78 Å². The zero-order valence-corrected chi connectivity index (χ0v) is 27.4. The summed E-state index contributed by atoms with van der Waals surface area (Å²) in [6.45, 7) is 4.71. The van der Waals surface area contributed by atoms with E-state index in [1.807, 2.05) is 6.92 Å². The second-order valence-corrected chi connectivity index (χ2v) is 14.3. The van der Waals surface area contributed by atoms with Crippen LogP contribution >= 0.6 is 0 Å². The van der Waals surface area contributed by atoms with Gasteiger partial charge in [-0.3, -0.25) is 4.90 Å². The molecule has 4 aromatic rings. The number of aromatic hydroxyl groups is 1. The van der Waals surface area contributed by atoms with Crippen molar-refractivity contribution in [2.75, 3.05) is 44.3 Å². The minimum Gasteiger partial charge on any atom is -0.508 e. The van der Waals surface area contributed by atoms with E-state index in [2.05, 4.69) is 20.1 Å². The van der Waals surface area contributed by atoms with Gasteiger partial charge in [-0.25, -0.2) is 18.2 Å². The summed E-state index contributed by atoms with van der Waals surface area (Å²) in [5.74, 6) is -0.952. The van der Waals surface area contributed by atoms with Gasteiger partial charge in [0.2, 0.25) is 5.88 Å². The zero-order chi connectivity index (χ0) is 33.4. The fourth-order valence-electron chi connectivity index (χ4n) is 8.48. The van der Waals surface area contributed by atoms with Crippen molar-refractivity contribution in [3.05, 3.63) is 35.9 Å². The van der Waals surface area contributed by atoms with Crippen molar-refractivity contribution in [3.8, 4) is 34.6 Å². The Morgan fingerprint density at radius 2 is 1.82 bits per heavy atom. The van der Waals surface area contributed by atoms with E-state index in [9.17, 15) is 9.50 Å². The molecule has 2 N–H and O–H groups in total. The van der Waals surface area contributed by atoms with Gasteiger partial charge >= 0.3 is 6.01 Å². The van der Waals surface area contributed by atoms with Gasteiger partial charge in [0, 0.05) is 49.1 Å². The third-order valence-corrected chi connectivity index (χ3v) is 10.8. The maximum Gasteiger partial charge on any atom is 0.319 e. The van der Waals surface area contributed by atoms with Gasteiger partial charge in [0.15, 0.2) is 17.4 Å². The highest BCUT2D eigenvalue weighted by Crippen LogP contribution is 2.46. The van der Waals surface area contributed by atoms with Crippen LogP contribution in [0, 0.1) is 11.6 Å². The van der Waals surface area contributed by atoms with Crippen molar-refractivity contribution in [2.24, 2.45) is 0 Å². The molecule has 6 heterocycles. The van der Waals surface area contributed by atoms with Crippen LogP contribution in [-0.2, 0) is 0 Å². The van der Waals surface area contributed by atoms with Crippen LogP contribution in [-0.4, -0.2) is 94.2 Å². The summed E-state index contributed by atoms with van der Waals surface area (Å²) in [6.07, 6.45) is 4.70. The number of anilines is 1. The molecule has 2 aromatic heterocycles. The number of phenols is 1. The molecule has 5 aliphatic rings. The highest BCUT2D eigenvalue weighted by molar-refractivity contribution is 6.04. The molecule has 4 aliphatic heterocycles. The van der Waals surface area contributed by atoms with Crippen LogP contribution < -0.4 is 24.4 Å². The number of aromatic nitrogens is 3. The fourth-order valence-corrected chi connectivity index (χ4v) is 8.48. The lowest BCUT2D eigenvalue weighted by Gasteiger charge is -2.35. The highest BCUT2D eigenvalue weighted by Gasteiger charge is 2.49. The molecule has 4 saturated heterocycles. The van der Waals surface area contributed by atoms with Gasteiger partial charge in [-0.2, -0.15) is 9.97 Å². The van der Waals surface area contributed by atoms with E-state index in [-0.39, 0.29) is 71.6 Å². The summed E-state index contributed by atoms with van der Waals surface area (Å²) in [5.41, 5.74) is -0.538. The lowest BCUT2D eigenvalue weighted by molar-refractivity contribution is 0.107. The average Bonchev–Trinajstić information content (AvgIpc) is 3.62. The minimum absolute atomic E-state index is 0.0129. The number of hydrogen-bond donors (Lipinski definition) is 2. The molecule has 1 saturated carbocycles. The van der Waals surface area contributed by atoms with Crippen molar-refractivity contribution in [3.63, 3.8) is 0 Å². The summed E-state index contributed by atoms with van der Waals surface area (Å²) >= 11 is 0. The van der Waals surface area contributed by atoms with Crippen LogP contribution in [0.2, 0.25) is 0 Å². The van der Waals surface area contributed by atoms with E-state index in [0.717, 1.165) is 45.1 Å². The summed E-state index contributed by atoms with van der Waals surface area (Å²) in [6, 6.07) is 6.15. The summed E-state index contributed by atoms with van der Waals surface area (Å²) < 4.78 is 65.7. The number of ether oxygens (including phenoxy) is 3. The third-order valence-electron chi connectivity index (χ3n) is 10.8. The number of benzene rings is 2. The lowest BCUT2D eigenvalue weighted by atomic mass is 9.95. The number of halogens is 3. The van der Waals surface area contributed by atoms with Gasteiger partial charge in [-0.05, 0) is 75.6 Å². The summed E-state index contributed by atoms with van der Waals surface area (Å²) in [4.78, 5) is 18.5. The number of hydrogen-bond acceptors (Lipinski definition) is 10. The normalized spacial score (nSPS) is 26.5. The molecule has 13 heteroatoms. The van der Waals surface area contributed by atoms with Gasteiger partial charge in [-0.15, -0.1) is 0 Å².